The first-order valence-corrected chi connectivity index (χ1v) is 12.0. The number of pyridine rings is 1. The Labute approximate surface area is 193 Å². The molecule has 5 nitrogen and oxygen atoms in total. The first-order chi connectivity index (χ1) is 15.6. The van der Waals surface area contributed by atoms with Gasteiger partial charge in [0.2, 0.25) is 0 Å². The zero-order valence-electron chi connectivity index (χ0n) is 17.6. The van der Waals surface area contributed by atoms with E-state index in [1.807, 2.05) is 66.9 Å². The average molecular weight is 457 g/mol. The maximum absolute atomic E-state index is 13.5. The molecule has 158 valence electrons. The lowest BCUT2D eigenvalue weighted by molar-refractivity contribution is 0.813. The summed E-state index contributed by atoms with van der Waals surface area (Å²) in [5, 5.41) is 4.20. The molecule has 0 aliphatic carbocycles. The highest BCUT2D eigenvalue weighted by Gasteiger charge is 2.16. The van der Waals surface area contributed by atoms with Crippen LogP contribution in [0.25, 0.3) is 27.3 Å². The van der Waals surface area contributed by atoms with E-state index < -0.39 is 0 Å². The average Bonchev–Trinajstić information content (AvgIpc) is 3.28. The van der Waals surface area contributed by atoms with Crippen LogP contribution in [0, 0.1) is 13.8 Å². The molecule has 0 N–H and O–H groups in total. The van der Waals surface area contributed by atoms with Crippen molar-refractivity contribution in [1.82, 2.24) is 19.5 Å². The van der Waals surface area contributed by atoms with Gasteiger partial charge in [-0.3, -0.25) is 14.3 Å². The van der Waals surface area contributed by atoms with Gasteiger partial charge < -0.3 is 0 Å². The van der Waals surface area contributed by atoms with Gasteiger partial charge in [-0.05, 0) is 49.7 Å². The van der Waals surface area contributed by atoms with Crippen LogP contribution >= 0.6 is 23.1 Å². The number of thioether (sulfide) groups is 1. The van der Waals surface area contributed by atoms with E-state index >= 15 is 0 Å². The molecular formula is C25H20N4OS2. The Kier molecular flexibility index (Phi) is 5.59. The number of benzene rings is 2. The van der Waals surface area contributed by atoms with E-state index in [1.54, 1.807) is 22.1 Å². The van der Waals surface area contributed by atoms with E-state index in [2.05, 4.69) is 18.0 Å². The second kappa shape index (κ2) is 8.68. The van der Waals surface area contributed by atoms with Crippen LogP contribution in [0.15, 0.2) is 82.2 Å². The molecule has 0 radical (unpaired) electrons. The quantitative estimate of drug-likeness (QED) is 0.247. The van der Waals surface area contributed by atoms with Crippen LogP contribution in [0.3, 0.4) is 0 Å². The number of para-hydroxylation sites is 1. The van der Waals surface area contributed by atoms with Crippen molar-refractivity contribution < 1.29 is 0 Å². The fourth-order valence-electron chi connectivity index (χ4n) is 3.60. The topological polar surface area (TPSA) is 60.7 Å². The number of rotatable bonds is 5. The lowest BCUT2D eigenvalue weighted by Crippen LogP contribution is -2.22. The van der Waals surface area contributed by atoms with E-state index in [0.29, 0.717) is 21.8 Å². The molecule has 3 aromatic heterocycles. The molecule has 0 atom stereocenters. The summed E-state index contributed by atoms with van der Waals surface area (Å²) < 4.78 is 1.73. The molecule has 0 saturated heterocycles. The molecule has 0 spiro atoms. The molecule has 0 aliphatic heterocycles. The third kappa shape index (κ3) is 3.97. The second-order valence-electron chi connectivity index (χ2n) is 7.49. The van der Waals surface area contributed by atoms with Gasteiger partial charge in [0.1, 0.15) is 5.01 Å². The number of thiazole rings is 1. The molecule has 0 amide bonds. The van der Waals surface area contributed by atoms with Crippen LogP contribution in [-0.2, 0) is 5.75 Å². The van der Waals surface area contributed by atoms with Gasteiger partial charge in [-0.1, -0.05) is 47.7 Å². The van der Waals surface area contributed by atoms with Crippen molar-refractivity contribution in [2.45, 2.75) is 24.8 Å². The molecule has 32 heavy (non-hydrogen) atoms. The summed E-state index contributed by atoms with van der Waals surface area (Å²) in [5.74, 6) is 0.610. The molecule has 0 bridgehead atoms. The van der Waals surface area contributed by atoms with Crippen molar-refractivity contribution in [3.05, 3.63) is 99.4 Å². The molecule has 5 aromatic rings. The standard InChI is InChI=1S/C25H20N4OS2/c1-16-10-11-22(17(2)13-16)29-24(30)19-7-3-4-8-20(19)28-25(29)32-15-18-14-31-23(27-18)21-9-5-6-12-26-21/h3-14H,15H2,1-2H3. The van der Waals surface area contributed by atoms with Crippen LogP contribution in [0.2, 0.25) is 0 Å². The van der Waals surface area contributed by atoms with E-state index in [4.69, 9.17) is 9.97 Å². The van der Waals surface area contributed by atoms with E-state index in [9.17, 15) is 4.79 Å². The molecule has 7 heteroatoms. The first-order valence-electron chi connectivity index (χ1n) is 10.2. The predicted molar refractivity (Wildman–Crippen MR) is 132 cm³/mol. The molecule has 0 saturated carbocycles. The minimum Gasteiger partial charge on any atom is -0.268 e. The lowest BCUT2D eigenvalue weighted by Gasteiger charge is -2.15. The molecule has 3 heterocycles. The monoisotopic (exact) mass is 456 g/mol. The van der Waals surface area contributed by atoms with E-state index in [-0.39, 0.29) is 5.56 Å². The highest BCUT2D eigenvalue weighted by molar-refractivity contribution is 7.98. The number of hydrogen-bond acceptors (Lipinski definition) is 6. The molecule has 0 aliphatic rings. The van der Waals surface area contributed by atoms with Crippen molar-refractivity contribution >= 4 is 34.0 Å². The van der Waals surface area contributed by atoms with Crippen molar-refractivity contribution in [1.29, 1.82) is 0 Å². The summed E-state index contributed by atoms with van der Waals surface area (Å²) >= 11 is 3.09. The summed E-state index contributed by atoms with van der Waals surface area (Å²) in [7, 11) is 0. The minimum atomic E-state index is -0.0579. The highest BCUT2D eigenvalue weighted by atomic mass is 32.2. The van der Waals surface area contributed by atoms with Gasteiger partial charge in [0.05, 0.1) is 28.0 Å². The number of aryl methyl sites for hydroxylation is 2. The van der Waals surface area contributed by atoms with Crippen LogP contribution in [0.5, 0.6) is 0 Å². The Morgan fingerprint density at radius 3 is 2.66 bits per heavy atom. The van der Waals surface area contributed by atoms with Gasteiger partial charge in [-0.2, -0.15) is 0 Å². The third-order valence-corrected chi connectivity index (χ3v) is 7.01. The fourth-order valence-corrected chi connectivity index (χ4v) is 5.40. The zero-order chi connectivity index (χ0) is 22.1. The first kappa shape index (κ1) is 20.6. The third-order valence-electron chi connectivity index (χ3n) is 5.12. The van der Waals surface area contributed by atoms with Crippen LogP contribution in [0.1, 0.15) is 16.8 Å². The Hall–Kier alpha value is -3.29. The summed E-state index contributed by atoms with van der Waals surface area (Å²) in [4.78, 5) is 27.4. The smallest absolute Gasteiger partial charge is 0.266 e. The fraction of sp³-hybridized carbons (Fsp3) is 0.120. The van der Waals surface area contributed by atoms with Gasteiger partial charge in [0.25, 0.3) is 5.56 Å². The van der Waals surface area contributed by atoms with E-state index in [1.165, 1.54) is 11.8 Å². The lowest BCUT2D eigenvalue weighted by atomic mass is 10.1. The van der Waals surface area contributed by atoms with Gasteiger partial charge in [-0.15, -0.1) is 11.3 Å². The Bertz CT molecular complexity index is 1470. The van der Waals surface area contributed by atoms with Gasteiger partial charge in [-0.25, -0.2) is 9.97 Å². The molecular weight excluding hydrogens is 436 g/mol. The molecule has 5 rings (SSSR count). The van der Waals surface area contributed by atoms with Crippen molar-refractivity contribution in [3.63, 3.8) is 0 Å². The Morgan fingerprint density at radius 1 is 1.00 bits per heavy atom. The number of aromatic nitrogens is 4. The normalized spacial score (nSPS) is 11.2. The van der Waals surface area contributed by atoms with Crippen molar-refractivity contribution in [3.8, 4) is 16.4 Å². The van der Waals surface area contributed by atoms with Gasteiger partial charge in [0.15, 0.2) is 5.16 Å². The summed E-state index contributed by atoms with van der Waals surface area (Å²) in [6.07, 6.45) is 1.77. The number of hydrogen-bond donors (Lipinski definition) is 0. The minimum absolute atomic E-state index is 0.0579. The summed E-state index contributed by atoms with van der Waals surface area (Å²) in [6.45, 7) is 4.08. The molecule has 0 unspecified atom stereocenters. The van der Waals surface area contributed by atoms with Gasteiger partial charge in [0, 0.05) is 17.3 Å². The largest absolute Gasteiger partial charge is 0.268 e. The predicted octanol–water partition coefficient (Wildman–Crippen LogP) is 5.81. The second-order valence-corrected chi connectivity index (χ2v) is 9.29. The Morgan fingerprint density at radius 2 is 1.84 bits per heavy atom. The number of nitrogens with zero attached hydrogens (tertiary/aromatic N) is 4. The molecule has 2 aromatic carbocycles. The van der Waals surface area contributed by atoms with Crippen molar-refractivity contribution in [2.24, 2.45) is 0 Å². The summed E-state index contributed by atoms with van der Waals surface area (Å²) in [6, 6.07) is 19.4. The maximum atomic E-state index is 13.5. The molecule has 0 fully saturated rings. The van der Waals surface area contributed by atoms with Crippen molar-refractivity contribution in [2.75, 3.05) is 0 Å². The van der Waals surface area contributed by atoms with Crippen LogP contribution < -0.4 is 5.56 Å². The highest BCUT2D eigenvalue weighted by Crippen LogP contribution is 2.28. The zero-order valence-corrected chi connectivity index (χ0v) is 19.3. The van der Waals surface area contributed by atoms with Crippen LogP contribution in [-0.4, -0.2) is 19.5 Å². The maximum Gasteiger partial charge on any atom is 0.266 e. The SMILES string of the molecule is Cc1ccc(-n2c(SCc3csc(-c4ccccn4)n3)nc3ccccc3c2=O)c(C)c1. The van der Waals surface area contributed by atoms with Gasteiger partial charge >= 0.3 is 0 Å². The number of fused-ring (bicyclic) bond motifs is 1. The van der Waals surface area contributed by atoms with Crippen LogP contribution in [0.4, 0.5) is 0 Å². The van der Waals surface area contributed by atoms with E-state index in [0.717, 1.165) is 33.2 Å². The summed E-state index contributed by atoms with van der Waals surface area (Å²) in [5.41, 5.74) is 5.50. The Balaban J connectivity index is 1.55.